The van der Waals surface area contributed by atoms with Gasteiger partial charge < -0.3 is 25.0 Å². The molecule has 6 rings (SSSR count). The van der Waals surface area contributed by atoms with Crippen LogP contribution >= 0.6 is 11.8 Å². The summed E-state index contributed by atoms with van der Waals surface area (Å²) in [7, 11) is 1.54. The Hall–Kier alpha value is -3.57. The molecule has 0 radical (unpaired) electrons. The number of hydrogen-bond acceptors (Lipinski definition) is 8. The van der Waals surface area contributed by atoms with Gasteiger partial charge in [0.15, 0.2) is 0 Å². The minimum atomic E-state index is -0.412. The van der Waals surface area contributed by atoms with Crippen molar-refractivity contribution in [2.75, 3.05) is 54.2 Å². The fourth-order valence-electron chi connectivity index (χ4n) is 4.71. The SMILES string of the molecule is COc1ccc2ccc(F)c(N3CC(NC[C@@H]4CN(c5ccc6c(c5)NC(=O)CS6)C(=O)O4)C3)c2n1. The highest BCUT2D eigenvalue weighted by atomic mass is 32.2. The number of nitrogens with zero attached hydrogens (tertiary/aromatic N) is 3. The number of benzene rings is 2. The molecule has 3 aliphatic heterocycles. The molecule has 3 aliphatic rings. The zero-order valence-electron chi connectivity index (χ0n) is 19.5. The molecule has 2 N–H and O–H groups in total. The molecule has 0 aliphatic carbocycles. The second kappa shape index (κ2) is 9.14. The Balaban J connectivity index is 1.07. The third-order valence-corrected chi connectivity index (χ3v) is 7.66. The number of rotatable bonds is 6. The predicted octanol–water partition coefficient (Wildman–Crippen LogP) is 3.23. The van der Waals surface area contributed by atoms with Crippen LogP contribution < -0.4 is 25.2 Å². The number of cyclic esters (lactones) is 1. The number of methoxy groups -OCH3 is 1. The van der Waals surface area contributed by atoms with Gasteiger partial charge in [0.25, 0.3) is 0 Å². The Morgan fingerprint density at radius 3 is 2.86 bits per heavy atom. The average Bonchev–Trinajstić information content (AvgIpc) is 3.23. The summed E-state index contributed by atoms with van der Waals surface area (Å²) in [5.41, 5.74) is 2.45. The van der Waals surface area contributed by atoms with Crippen LogP contribution in [0.5, 0.6) is 5.88 Å². The standard InChI is InChI=1S/C25H24FN5O4S/c1-34-22-7-3-14-2-5-18(26)24(23(14)29-22)30-10-15(11-30)27-9-17-12-31(25(33)35-17)16-4-6-20-19(8-16)28-21(32)13-36-20/h2-8,15,17,27H,9-13H2,1H3,(H,28,32)/t17-/m1/s1. The molecule has 11 heteroatoms. The quantitative estimate of drug-likeness (QED) is 0.523. The molecule has 3 aromatic rings. The molecule has 9 nitrogen and oxygen atoms in total. The number of carbonyl (C=O) groups is 2. The maximum atomic E-state index is 14.7. The lowest BCUT2D eigenvalue weighted by Gasteiger charge is -2.42. The molecule has 0 unspecified atom stereocenters. The van der Waals surface area contributed by atoms with Crippen molar-refractivity contribution in [2.24, 2.45) is 0 Å². The summed E-state index contributed by atoms with van der Waals surface area (Å²) in [4.78, 5) is 33.2. The van der Waals surface area contributed by atoms with Gasteiger partial charge in [-0.25, -0.2) is 14.2 Å². The summed E-state index contributed by atoms with van der Waals surface area (Å²) in [5, 5.41) is 7.13. The number of aromatic nitrogens is 1. The number of carbonyl (C=O) groups excluding carboxylic acids is 2. The summed E-state index contributed by atoms with van der Waals surface area (Å²) in [6.45, 7) is 2.12. The normalized spacial score (nSPS) is 19.7. The van der Waals surface area contributed by atoms with Gasteiger partial charge in [-0.05, 0) is 36.4 Å². The third-order valence-electron chi connectivity index (χ3n) is 6.58. The van der Waals surface area contributed by atoms with E-state index in [1.54, 1.807) is 17.0 Å². The maximum Gasteiger partial charge on any atom is 0.414 e. The highest BCUT2D eigenvalue weighted by molar-refractivity contribution is 8.00. The minimum Gasteiger partial charge on any atom is -0.481 e. The molecule has 2 fully saturated rings. The Labute approximate surface area is 210 Å². The fourth-order valence-corrected chi connectivity index (χ4v) is 5.50. The summed E-state index contributed by atoms with van der Waals surface area (Å²) >= 11 is 1.48. The zero-order valence-corrected chi connectivity index (χ0v) is 20.3. The van der Waals surface area contributed by atoms with Crippen molar-refractivity contribution in [1.82, 2.24) is 10.3 Å². The molecule has 4 heterocycles. The summed E-state index contributed by atoms with van der Waals surface area (Å²) < 4.78 is 25.5. The highest BCUT2D eigenvalue weighted by Crippen LogP contribution is 2.36. The number of hydrogen-bond donors (Lipinski definition) is 2. The lowest BCUT2D eigenvalue weighted by Crippen LogP contribution is -2.59. The fraction of sp³-hybridized carbons (Fsp3) is 0.320. The molecule has 36 heavy (non-hydrogen) atoms. The van der Waals surface area contributed by atoms with Crippen LogP contribution in [0.25, 0.3) is 10.9 Å². The molecule has 186 valence electrons. The second-order valence-electron chi connectivity index (χ2n) is 8.97. The first-order chi connectivity index (χ1) is 17.5. The van der Waals surface area contributed by atoms with Gasteiger partial charge in [-0.3, -0.25) is 9.69 Å². The number of ether oxygens (including phenoxy) is 2. The second-order valence-corrected chi connectivity index (χ2v) is 9.98. The van der Waals surface area contributed by atoms with Crippen molar-refractivity contribution in [3.05, 3.63) is 48.3 Å². The van der Waals surface area contributed by atoms with Crippen LogP contribution in [0.2, 0.25) is 0 Å². The molecule has 0 spiro atoms. The Morgan fingerprint density at radius 2 is 2.03 bits per heavy atom. The smallest absolute Gasteiger partial charge is 0.414 e. The molecule has 1 atom stereocenters. The van der Waals surface area contributed by atoms with E-state index in [2.05, 4.69) is 15.6 Å². The molecule has 2 saturated heterocycles. The summed E-state index contributed by atoms with van der Waals surface area (Å²) in [6, 6.07) is 12.5. The van der Waals surface area contributed by atoms with Gasteiger partial charge in [0.2, 0.25) is 11.8 Å². The van der Waals surface area contributed by atoms with E-state index >= 15 is 0 Å². The number of halogens is 1. The van der Waals surface area contributed by atoms with Crippen LogP contribution in [0.15, 0.2) is 47.4 Å². The molecule has 0 bridgehead atoms. The van der Waals surface area contributed by atoms with E-state index in [4.69, 9.17) is 9.47 Å². The minimum absolute atomic E-state index is 0.0523. The van der Waals surface area contributed by atoms with Crippen molar-refractivity contribution in [2.45, 2.75) is 17.0 Å². The maximum absolute atomic E-state index is 14.7. The summed E-state index contributed by atoms with van der Waals surface area (Å²) in [5.74, 6) is 0.463. The monoisotopic (exact) mass is 509 g/mol. The summed E-state index contributed by atoms with van der Waals surface area (Å²) in [6.07, 6.45) is -0.726. The van der Waals surface area contributed by atoms with E-state index in [0.717, 1.165) is 10.3 Å². The molecular weight excluding hydrogens is 485 g/mol. The van der Waals surface area contributed by atoms with E-state index in [-0.39, 0.29) is 23.9 Å². The van der Waals surface area contributed by atoms with Crippen molar-refractivity contribution < 1.29 is 23.5 Å². The lowest BCUT2D eigenvalue weighted by atomic mass is 10.0. The molecule has 2 amide bonds. The van der Waals surface area contributed by atoms with E-state index < -0.39 is 6.09 Å². The number of anilines is 3. The lowest BCUT2D eigenvalue weighted by molar-refractivity contribution is -0.113. The number of pyridine rings is 1. The first kappa shape index (κ1) is 22.9. The molecule has 2 aromatic carbocycles. The van der Waals surface area contributed by atoms with Crippen LogP contribution in [0.4, 0.5) is 26.2 Å². The van der Waals surface area contributed by atoms with E-state index in [0.29, 0.717) is 60.4 Å². The van der Waals surface area contributed by atoms with Gasteiger partial charge >= 0.3 is 6.09 Å². The number of nitrogens with one attached hydrogen (secondary N) is 2. The van der Waals surface area contributed by atoms with Gasteiger partial charge in [0.05, 0.1) is 30.8 Å². The Kier molecular flexibility index (Phi) is 5.81. The van der Waals surface area contributed by atoms with Crippen molar-refractivity contribution in [3.63, 3.8) is 0 Å². The number of thioether (sulfide) groups is 1. The van der Waals surface area contributed by atoms with Gasteiger partial charge in [0.1, 0.15) is 17.4 Å². The van der Waals surface area contributed by atoms with Crippen LogP contribution in [-0.4, -0.2) is 68.2 Å². The number of fused-ring (bicyclic) bond motifs is 2. The largest absolute Gasteiger partial charge is 0.481 e. The van der Waals surface area contributed by atoms with E-state index in [1.807, 2.05) is 29.2 Å². The average molecular weight is 510 g/mol. The van der Waals surface area contributed by atoms with Gasteiger partial charge in [-0.2, -0.15) is 0 Å². The van der Waals surface area contributed by atoms with Gasteiger partial charge in [-0.1, -0.05) is 0 Å². The topological polar surface area (TPSA) is 96.0 Å². The van der Waals surface area contributed by atoms with Crippen molar-refractivity contribution in [1.29, 1.82) is 0 Å². The van der Waals surface area contributed by atoms with E-state index in [1.165, 1.54) is 24.9 Å². The Morgan fingerprint density at radius 1 is 1.19 bits per heavy atom. The van der Waals surface area contributed by atoms with Crippen molar-refractivity contribution >= 4 is 51.7 Å². The zero-order chi connectivity index (χ0) is 24.8. The molecular formula is C25H24FN5O4S. The van der Waals surface area contributed by atoms with E-state index in [9.17, 15) is 14.0 Å². The van der Waals surface area contributed by atoms with Crippen LogP contribution in [0.3, 0.4) is 0 Å². The van der Waals surface area contributed by atoms with Gasteiger partial charge in [0, 0.05) is 47.7 Å². The molecule has 1 aromatic heterocycles. The first-order valence-corrected chi connectivity index (χ1v) is 12.6. The number of amides is 2. The van der Waals surface area contributed by atoms with Crippen molar-refractivity contribution in [3.8, 4) is 5.88 Å². The first-order valence-electron chi connectivity index (χ1n) is 11.6. The van der Waals surface area contributed by atoms with Gasteiger partial charge in [-0.15, -0.1) is 11.8 Å². The predicted molar refractivity (Wildman–Crippen MR) is 136 cm³/mol. The third kappa shape index (κ3) is 4.18. The molecule has 0 saturated carbocycles. The van der Waals surface area contributed by atoms with Crippen LogP contribution in [0.1, 0.15) is 0 Å². The highest BCUT2D eigenvalue weighted by Gasteiger charge is 2.35. The van der Waals surface area contributed by atoms with Crippen LogP contribution in [-0.2, 0) is 9.53 Å². The Bertz CT molecular complexity index is 1370. The van der Waals surface area contributed by atoms with Crippen LogP contribution in [0, 0.1) is 5.82 Å².